The van der Waals surface area contributed by atoms with Gasteiger partial charge < -0.3 is 9.73 Å². The molecule has 0 aliphatic carbocycles. The third-order valence-electron chi connectivity index (χ3n) is 4.31. The zero-order valence-corrected chi connectivity index (χ0v) is 18.0. The Kier molecular flexibility index (Phi) is 6.56. The van der Waals surface area contributed by atoms with Crippen molar-refractivity contribution < 1.29 is 9.21 Å². The first-order valence-corrected chi connectivity index (χ1v) is 11.3. The molecule has 0 unspecified atom stereocenters. The van der Waals surface area contributed by atoms with Crippen LogP contribution in [-0.4, -0.2) is 21.1 Å². The Morgan fingerprint density at radius 2 is 1.90 bits per heavy atom. The number of carbonyl (C=O) groups is 1. The molecule has 0 bridgehead atoms. The maximum absolute atomic E-state index is 12.2. The monoisotopic (exact) mass is 436 g/mol. The molecule has 0 aliphatic rings. The van der Waals surface area contributed by atoms with E-state index in [0.717, 1.165) is 15.7 Å². The van der Waals surface area contributed by atoms with Crippen LogP contribution in [0.1, 0.15) is 23.4 Å². The third kappa shape index (κ3) is 5.55. The summed E-state index contributed by atoms with van der Waals surface area (Å²) in [6, 6.07) is 18.2. The summed E-state index contributed by atoms with van der Waals surface area (Å²) < 4.78 is 6.59. The average molecular weight is 437 g/mol. The van der Waals surface area contributed by atoms with Crippen molar-refractivity contribution in [1.82, 2.24) is 15.2 Å². The lowest BCUT2D eigenvalue weighted by Gasteiger charge is -1.99. The standard InChI is InChI=1S/C22H20N4O2S2/c1-15-7-9-17(10-8-15)18-13-23-20(28-18)12-11-19(27)24-21-25-26-22(30-21)29-14-16-5-3-2-4-6-16/h2-10,13H,11-12,14H2,1H3,(H,24,25,27). The van der Waals surface area contributed by atoms with Gasteiger partial charge in [-0.3, -0.25) is 4.79 Å². The van der Waals surface area contributed by atoms with E-state index in [1.165, 1.54) is 22.5 Å². The van der Waals surface area contributed by atoms with Crippen LogP contribution < -0.4 is 5.32 Å². The Labute approximate surface area is 182 Å². The summed E-state index contributed by atoms with van der Waals surface area (Å²) in [5, 5.41) is 11.5. The number of aromatic nitrogens is 3. The summed E-state index contributed by atoms with van der Waals surface area (Å²) in [6.45, 7) is 2.04. The van der Waals surface area contributed by atoms with Crippen molar-refractivity contribution in [1.29, 1.82) is 0 Å². The number of thioether (sulfide) groups is 1. The fraction of sp³-hybridized carbons (Fsp3) is 0.182. The molecule has 1 N–H and O–H groups in total. The summed E-state index contributed by atoms with van der Waals surface area (Å²) in [5.74, 6) is 1.92. The van der Waals surface area contributed by atoms with Gasteiger partial charge in [-0.1, -0.05) is 83.3 Å². The zero-order chi connectivity index (χ0) is 20.8. The number of aryl methyl sites for hydroxylation is 2. The molecule has 2 aromatic carbocycles. The van der Waals surface area contributed by atoms with Gasteiger partial charge in [-0.25, -0.2) is 4.98 Å². The van der Waals surface area contributed by atoms with Crippen LogP contribution in [0.3, 0.4) is 0 Å². The zero-order valence-electron chi connectivity index (χ0n) is 16.4. The summed E-state index contributed by atoms with van der Waals surface area (Å²) in [6.07, 6.45) is 2.38. The van der Waals surface area contributed by atoms with Crippen LogP contribution in [0.25, 0.3) is 11.3 Å². The molecule has 0 atom stereocenters. The molecule has 1 amide bonds. The van der Waals surface area contributed by atoms with E-state index >= 15 is 0 Å². The van der Waals surface area contributed by atoms with E-state index in [0.29, 0.717) is 23.2 Å². The first-order chi connectivity index (χ1) is 14.7. The number of hydrogen-bond acceptors (Lipinski definition) is 7. The van der Waals surface area contributed by atoms with Gasteiger partial charge in [0.1, 0.15) is 0 Å². The molecule has 0 saturated heterocycles. The van der Waals surface area contributed by atoms with Crippen LogP contribution in [0.2, 0.25) is 0 Å². The highest BCUT2D eigenvalue weighted by Crippen LogP contribution is 2.28. The molecule has 8 heteroatoms. The van der Waals surface area contributed by atoms with Crippen LogP contribution in [0.4, 0.5) is 5.13 Å². The number of hydrogen-bond donors (Lipinski definition) is 1. The highest BCUT2D eigenvalue weighted by molar-refractivity contribution is 8.00. The number of nitrogens with one attached hydrogen (secondary N) is 1. The number of nitrogens with zero attached hydrogens (tertiary/aromatic N) is 3. The average Bonchev–Trinajstić information content (AvgIpc) is 3.42. The lowest BCUT2D eigenvalue weighted by Crippen LogP contribution is -2.12. The Morgan fingerprint density at radius 1 is 1.10 bits per heavy atom. The Balaban J connectivity index is 1.25. The van der Waals surface area contributed by atoms with Gasteiger partial charge in [0.15, 0.2) is 16.0 Å². The van der Waals surface area contributed by atoms with Gasteiger partial charge in [0.25, 0.3) is 0 Å². The predicted octanol–water partition coefficient (Wildman–Crippen LogP) is 5.37. The van der Waals surface area contributed by atoms with Gasteiger partial charge in [0.2, 0.25) is 11.0 Å². The van der Waals surface area contributed by atoms with Gasteiger partial charge >= 0.3 is 0 Å². The van der Waals surface area contributed by atoms with E-state index in [-0.39, 0.29) is 12.3 Å². The third-order valence-corrected chi connectivity index (χ3v) is 6.36. The van der Waals surface area contributed by atoms with Crippen LogP contribution in [0, 0.1) is 6.92 Å². The maximum Gasteiger partial charge on any atom is 0.226 e. The van der Waals surface area contributed by atoms with Crippen molar-refractivity contribution in [3.63, 3.8) is 0 Å². The number of carbonyl (C=O) groups excluding carboxylic acids is 1. The highest BCUT2D eigenvalue weighted by Gasteiger charge is 2.12. The molecule has 0 radical (unpaired) electrons. The minimum Gasteiger partial charge on any atom is -0.441 e. The lowest BCUT2D eigenvalue weighted by molar-refractivity contribution is -0.116. The smallest absolute Gasteiger partial charge is 0.226 e. The molecule has 0 aliphatic heterocycles. The van der Waals surface area contributed by atoms with Gasteiger partial charge in [-0.15, -0.1) is 10.2 Å². The summed E-state index contributed by atoms with van der Waals surface area (Å²) in [4.78, 5) is 16.5. The van der Waals surface area contributed by atoms with Gasteiger partial charge in [0, 0.05) is 24.2 Å². The van der Waals surface area contributed by atoms with Crippen molar-refractivity contribution in [2.24, 2.45) is 0 Å². The first kappa shape index (κ1) is 20.3. The molecule has 4 rings (SSSR count). The van der Waals surface area contributed by atoms with Crippen LogP contribution >= 0.6 is 23.1 Å². The molecule has 0 fully saturated rings. The molecule has 2 aromatic heterocycles. The fourth-order valence-electron chi connectivity index (χ4n) is 2.72. The minimum atomic E-state index is -0.138. The minimum absolute atomic E-state index is 0.138. The van der Waals surface area contributed by atoms with E-state index in [4.69, 9.17) is 4.42 Å². The van der Waals surface area contributed by atoms with Gasteiger partial charge in [-0.05, 0) is 12.5 Å². The normalized spacial score (nSPS) is 10.8. The van der Waals surface area contributed by atoms with Crippen LogP contribution in [0.15, 0.2) is 69.6 Å². The largest absolute Gasteiger partial charge is 0.441 e. The lowest BCUT2D eigenvalue weighted by atomic mass is 10.1. The number of oxazole rings is 1. The topological polar surface area (TPSA) is 80.9 Å². The Bertz CT molecular complexity index is 1110. The molecular formula is C22H20N4O2S2. The second-order valence-corrected chi connectivity index (χ2v) is 8.88. The SMILES string of the molecule is Cc1ccc(-c2cnc(CCC(=O)Nc3nnc(SCc4ccccc4)s3)o2)cc1. The molecule has 0 spiro atoms. The molecule has 152 valence electrons. The van der Waals surface area contributed by atoms with Crippen molar-refractivity contribution in [2.75, 3.05) is 5.32 Å². The second-order valence-electron chi connectivity index (χ2n) is 6.68. The van der Waals surface area contributed by atoms with Crippen LogP contribution in [-0.2, 0) is 17.0 Å². The van der Waals surface area contributed by atoms with Gasteiger partial charge in [-0.2, -0.15) is 0 Å². The van der Waals surface area contributed by atoms with Crippen molar-refractivity contribution >= 4 is 34.1 Å². The molecular weight excluding hydrogens is 416 g/mol. The molecule has 4 aromatic rings. The summed E-state index contributed by atoms with van der Waals surface area (Å²) in [7, 11) is 0. The maximum atomic E-state index is 12.2. The number of benzene rings is 2. The second kappa shape index (κ2) is 9.69. The van der Waals surface area contributed by atoms with E-state index in [1.807, 2.05) is 49.4 Å². The number of amides is 1. The summed E-state index contributed by atoms with van der Waals surface area (Å²) in [5.41, 5.74) is 3.38. The van der Waals surface area contributed by atoms with Crippen molar-refractivity contribution in [3.8, 4) is 11.3 Å². The summed E-state index contributed by atoms with van der Waals surface area (Å²) >= 11 is 2.98. The van der Waals surface area contributed by atoms with E-state index in [2.05, 4.69) is 32.6 Å². The molecule has 6 nitrogen and oxygen atoms in total. The highest BCUT2D eigenvalue weighted by atomic mass is 32.2. The first-order valence-electron chi connectivity index (χ1n) is 9.47. The van der Waals surface area contributed by atoms with Gasteiger partial charge in [0.05, 0.1) is 6.20 Å². The van der Waals surface area contributed by atoms with Crippen LogP contribution in [0.5, 0.6) is 0 Å². The molecule has 30 heavy (non-hydrogen) atoms. The van der Waals surface area contributed by atoms with Crippen molar-refractivity contribution in [2.45, 2.75) is 29.9 Å². The number of rotatable bonds is 8. The quantitative estimate of drug-likeness (QED) is 0.296. The Morgan fingerprint density at radius 3 is 2.70 bits per heavy atom. The Hall–Kier alpha value is -2.97. The predicted molar refractivity (Wildman–Crippen MR) is 120 cm³/mol. The van der Waals surface area contributed by atoms with E-state index in [1.54, 1.807) is 18.0 Å². The number of anilines is 1. The van der Waals surface area contributed by atoms with E-state index in [9.17, 15) is 4.79 Å². The van der Waals surface area contributed by atoms with E-state index < -0.39 is 0 Å². The molecule has 2 heterocycles. The molecule has 0 saturated carbocycles. The van der Waals surface area contributed by atoms with Crippen molar-refractivity contribution in [3.05, 3.63) is 77.8 Å². The fourth-order valence-corrected chi connectivity index (χ4v) is 4.44.